The van der Waals surface area contributed by atoms with E-state index in [0.717, 1.165) is 12.4 Å². The fraction of sp³-hybridized carbons (Fsp3) is 0.600. The Balaban J connectivity index is 0.000000500. The zero-order valence-corrected chi connectivity index (χ0v) is 9.28. The molecule has 0 saturated heterocycles. The van der Waals surface area contributed by atoms with Gasteiger partial charge >= 0.3 is 0 Å². The zero-order valence-electron chi connectivity index (χ0n) is 9.28. The molecule has 1 aromatic rings. The molecule has 0 aliphatic rings. The standard InChI is InChI=1S/C7H14N4.C3H4/c1-4-11-5-9-10-7(11)6(2)8-3;1-3-2/h5-6,8H,4H2,1-3H3;1H,2H3. The number of hydrogen-bond donors (Lipinski definition) is 1. The fourth-order valence-electron chi connectivity index (χ4n) is 0.972. The van der Waals surface area contributed by atoms with Gasteiger partial charge in [-0.2, -0.15) is 0 Å². The number of nitrogens with zero attached hydrogens (tertiary/aromatic N) is 3. The van der Waals surface area contributed by atoms with E-state index in [2.05, 4.69) is 41.7 Å². The zero-order chi connectivity index (χ0) is 11.0. The molecule has 1 N–H and O–H groups in total. The first-order valence-electron chi connectivity index (χ1n) is 4.63. The Labute approximate surface area is 85.7 Å². The van der Waals surface area contributed by atoms with Gasteiger partial charge in [0.2, 0.25) is 0 Å². The van der Waals surface area contributed by atoms with E-state index >= 15 is 0 Å². The normalized spacial score (nSPS) is 11.1. The first-order valence-corrected chi connectivity index (χ1v) is 4.63. The number of rotatable bonds is 3. The van der Waals surface area contributed by atoms with E-state index in [1.165, 1.54) is 0 Å². The maximum Gasteiger partial charge on any atom is 0.149 e. The van der Waals surface area contributed by atoms with Gasteiger partial charge in [0.05, 0.1) is 6.04 Å². The number of aryl methyl sites for hydroxylation is 1. The van der Waals surface area contributed by atoms with Gasteiger partial charge in [-0.05, 0) is 27.8 Å². The summed E-state index contributed by atoms with van der Waals surface area (Å²) in [6.07, 6.45) is 6.35. The summed E-state index contributed by atoms with van der Waals surface area (Å²) in [5.74, 6) is 3.25. The molecule has 0 amide bonds. The van der Waals surface area contributed by atoms with Crippen LogP contribution in [0.2, 0.25) is 0 Å². The summed E-state index contributed by atoms with van der Waals surface area (Å²) in [7, 11) is 1.92. The van der Waals surface area contributed by atoms with Gasteiger partial charge in [0.25, 0.3) is 0 Å². The number of terminal acetylenes is 1. The highest BCUT2D eigenvalue weighted by Crippen LogP contribution is 2.06. The average molecular weight is 194 g/mol. The quantitative estimate of drug-likeness (QED) is 0.736. The Morgan fingerprint density at radius 3 is 2.71 bits per heavy atom. The second kappa shape index (κ2) is 7.10. The van der Waals surface area contributed by atoms with Crippen LogP contribution in [0.1, 0.15) is 32.6 Å². The smallest absolute Gasteiger partial charge is 0.149 e. The van der Waals surface area contributed by atoms with Crippen molar-refractivity contribution in [3.05, 3.63) is 12.2 Å². The van der Waals surface area contributed by atoms with E-state index in [1.54, 1.807) is 13.3 Å². The lowest BCUT2D eigenvalue weighted by molar-refractivity contribution is 0.562. The SMILES string of the molecule is C#CC.CCn1cnnc1C(C)NC. The van der Waals surface area contributed by atoms with Crippen LogP contribution in [0.25, 0.3) is 0 Å². The third-order valence-corrected chi connectivity index (χ3v) is 1.81. The molecule has 0 fully saturated rings. The van der Waals surface area contributed by atoms with Crippen molar-refractivity contribution < 1.29 is 0 Å². The molecule has 78 valence electrons. The number of hydrogen-bond acceptors (Lipinski definition) is 3. The highest BCUT2D eigenvalue weighted by Gasteiger charge is 2.08. The van der Waals surface area contributed by atoms with Crippen LogP contribution < -0.4 is 5.32 Å². The van der Waals surface area contributed by atoms with E-state index in [1.807, 2.05) is 11.6 Å². The lowest BCUT2D eigenvalue weighted by Gasteiger charge is -2.09. The second-order valence-electron chi connectivity index (χ2n) is 2.77. The molecule has 1 rings (SSSR count). The van der Waals surface area contributed by atoms with Crippen molar-refractivity contribution in [3.63, 3.8) is 0 Å². The molecule has 1 heterocycles. The third-order valence-electron chi connectivity index (χ3n) is 1.81. The molecule has 1 atom stereocenters. The van der Waals surface area contributed by atoms with E-state index in [-0.39, 0.29) is 6.04 Å². The molecule has 0 spiro atoms. The van der Waals surface area contributed by atoms with Crippen molar-refractivity contribution in [1.29, 1.82) is 0 Å². The maximum absolute atomic E-state index is 4.60. The average Bonchev–Trinajstić information content (AvgIpc) is 2.65. The molecule has 0 aliphatic carbocycles. The Morgan fingerprint density at radius 1 is 1.71 bits per heavy atom. The second-order valence-corrected chi connectivity index (χ2v) is 2.77. The summed E-state index contributed by atoms with van der Waals surface area (Å²) in [5, 5.41) is 11.0. The van der Waals surface area contributed by atoms with Crippen molar-refractivity contribution in [2.75, 3.05) is 7.05 Å². The van der Waals surface area contributed by atoms with E-state index in [9.17, 15) is 0 Å². The van der Waals surface area contributed by atoms with Crippen LogP contribution in [0.15, 0.2) is 6.33 Å². The molecule has 1 aromatic heterocycles. The summed E-state index contributed by atoms with van der Waals surface area (Å²) < 4.78 is 2.03. The van der Waals surface area contributed by atoms with Gasteiger partial charge in [0.1, 0.15) is 12.2 Å². The van der Waals surface area contributed by atoms with Gasteiger partial charge in [-0.1, -0.05) is 0 Å². The minimum absolute atomic E-state index is 0.275. The topological polar surface area (TPSA) is 42.7 Å². The van der Waals surface area contributed by atoms with Gasteiger partial charge in [0.15, 0.2) is 0 Å². The molecule has 0 bridgehead atoms. The van der Waals surface area contributed by atoms with Gasteiger partial charge < -0.3 is 9.88 Å². The van der Waals surface area contributed by atoms with Crippen LogP contribution >= 0.6 is 0 Å². The van der Waals surface area contributed by atoms with Crippen molar-refractivity contribution in [2.24, 2.45) is 0 Å². The van der Waals surface area contributed by atoms with Gasteiger partial charge in [-0.3, -0.25) is 0 Å². The van der Waals surface area contributed by atoms with Crippen LogP contribution in [0.3, 0.4) is 0 Å². The predicted molar refractivity (Wildman–Crippen MR) is 57.7 cm³/mol. The largest absolute Gasteiger partial charge is 0.317 e. The summed E-state index contributed by atoms with van der Waals surface area (Å²) >= 11 is 0. The summed E-state index contributed by atoms with van der Waals surface area (Å²) in [6.45, 7) is 6.72. The highest BCUT2D eigenvalue weighted by molar-refractivity contribution is 4.91. The Morgan fingerprint density at radius 2 is 2.29 bits per heavy atom. The Bertz CT molecular complexity index is 285. The Kier molecular flexibility index (Phi) is 6.42. The first kappa shape index (κ1) is 12.7. The fourth-order valence-corrected chi connectivity index (χ4v) is 0.972. The molecular weight excluding hydrogens is 176 g/mol. The molecule has 0 aliphatic heterocycles. The predicted octanol–water partition coefficient (Wildman–Crippen LogP) is 1.22. The number of aromatic nitrogens is 3. The number of nitrogens with one attached hydrogen (secondary N) is 1. The van der Waals surface area contributed by atoms with Crippen LogP contribution in [0, 0.1) is 12.3 Å². The van der Waals surface area contributed by atoms with Crippen LogP contribution in [0.4, 0.5) is 0 Å². The molecule has 0 saturated carbocycles. The lowest BCUT2D eigenvalue weighted by Crippen LogP contribution is -2.17. The lowest BCUT2D eigenvalue weighted by atomic mass is 10.3. The van der Waals surface area contributed by atoms with E-state index < -0.39 is 0 Å². The van der Waals surface area contributed by atoms with Crippen LogP contribution in [-0.2, 0) is 6.54 Å². The van der Waals surface area contributed by atoms with Crippen molar-refractivity contribution in [2.45, 2.75) is 33.4 Å². The molecule has 14 heavy (non-hydrogen) atoms. The van der Waals surface area contributed by atoms with Crippen molar-refractivity contribution in [1.82, 2.24) is 20.1 Å². The van der Waals surface area contributed by atoms with Gasteiger partial charge in [-0.15, -0.1) is 22.5 Å². The van der Waals surface area contributed by atoms with Gasteiger partial charge in [0, 0.05) is 6.54 Å². The molecule has 0 radical (unpaired) electrons. The summed E-state index contributed by atoms with van der Waals surface area (Å²) in [5.41, 5.74) is 0. The molecule has 4 nitrogen and oxygen atoms in total. The molecule has 0 aromatic carbocycles. The molecule has 4 heteroatoms. The van der Waals surface area contributed by atoms with Crippen molar-refractivity contribution in [3.8, 4) is 12.3 Å². The monoisotopic (exact) mass is 194 g/mol. The summed E-state index contributed by atoms with van der Waals surface area (Å²) in [4.78, 5) is 0. The summed E-state index contributed by atoms with van der Waals surface area (Å²) in [6, 6.07) is 0.275. The van der Waals surface area contributed by atoms with E-state index in [0.29, 0.717) is 0 Å². The third kappa shape index (κ3) is 3.58. The minimum Gasteiger partial charge on any atom is -0.317 e. The Hall–Kier alpha value is -1.34. The van der Waals surface area contributed by atoms with Crippen LogP contribution in [-0.4, -0.2) is 21.8 Å². The van der Waals surface area contributed by atoms with Crippen LogP contribution in [0.5, 0.6) is 0 Å². The van der Waals surface area contributed by atoms with Crippen molar-refractivity contribution >= 4 is 0 Å². The highest BCUT2D eigenvalue weighted by atomic mass is 15.3. The maximum atomic E-state index is 4.60. The first-order chi connectivity index (χ1) is 6.71. The molecule has 1 unspecified atom stereocenters. The van der Waals surface area contributed by atoms with Gasteiger partial charge in [-0.25, -0.2) is 0 Å². The molecular formula is C10H18N4. The minimum atomic E-state index is 0.275. The van der Waals surface area contributed by atoms with E-state index in [4.69, 9.17) is 0 Å².